The molecule has 17 heavy (non-hydrogen) atoms. The Labute approximate surface area is 99.0 Å². The number of aromatic nitrogens is 1. The van der Waals surface area contributed by atoms with Crippen LogP contribution in [0.1, 0.15) is 35.5 Å². The summed E-state index contributed by atoms with van der Waals surface area (Å²) in [4.78, 5) is 26.1. The number of nitrogens with zero attached hydrogens (tertiary/aromatic N) is 1. The van der Waals surface area contributed by atoms with Crippen LogP contribution in [0.2, 0.25) is 0 Å². The van der Waals surface area contributed by atoms with Crippen LogP contribution >= 0.6 is 0 Å². The molecule has 0 saturated carbocycles. The molecule has 6 heteroatoms. The lowest BCUT2D eigenvalue weighted by Crippen LogP contribution is -2.29. The van der Waals surface area contributed by atoms with Crippen molar-refractivity contribution in [3.63, 3.8) is 0 Å². The largest absolute Gasteiger partial charge is 0.481 e. The molecule has 1 aromatic heterocycles. The molecule has 1 aromatic rings. The average molecular weight is 240 g/mol. The van der Waals surface area contributed by atoms with Crippen molar-refractivity contribution >= 4 is 11.9 Å². The second-order valence-corrected chi connectivity index (χ2v) is 4.06. The number of hydrogen-bond donors (Lipinski definition) is 2. The first kappa shape index (κ1) is 13.2. The second-order valence-electron chi connectivity index (χ2n) is 4.06. The molecule has 6 nitrogen and oxygen atoms in total. The van der Waals surface area contributed by atoms with Crippen LogP contribution in [-0.4, -0.2) is 28.5 Å². The number of rotatable bonds is 5. The maximum absolute atomic E-state index is 11.7. The van der Waals surface area contributed by atoms with Crippen LogP contribution in [0.3, 0.4) is 0 Å². The first-order chi connectivity index (χ1) is 7.90. The van der Waals surface area contributed by atoms with Gasteiger partial charge < -0.3 is 14.8 Å². The third-order valence-corrected chi connectivity index (χ3v) is 2.24. The second kappa shape index (κ2) is 5.47. The SMILES string of the molecule is Cc1nc(C)c(C(=O)NCC(C)CC(=O)O)o1. The molecule has 0 aliphatic carbocycles. The molecule has 94 valence electrons. The van der Waals surface area contributed by atoms with Crippen LogP contribution in [0.25, 0.3) is 0 Å². The van der Waals surface area contributed by atoms with Gasteiger partial charge in [-0.3, -0.25) is 9.59 Å². The first-order valence-electron chi connectivity index (χ1n) is 5.34. The summed E-state index contributed by atoms with van der Waals surface area (Å²) in [5.41, 5.74) is 0.533. The zero-order chi connectivity index (χ0) is 13.0. The number of amides is 1. The molecule has 0 fully saturated rings. The molecule has 0 radical (unpaired) electrons. The van der Waals surface area contributed by atoms with Crippen molar-refractivity contribution in [3.8, 4) is 0 Å². The lowest BCUT2D eigenvalue weighted by atomic mass is 10.1. The van der Waals surface area contributed by atoms with E-state index in [0.29, 0.717) is 18.1 Å². The minimum Gasteiger partial charge on any atom is -0.481 e. The van der Waals surface area contributed by atoms with Crippen LogP contribution in [0, 0.1) is 19.8 Å². The molecular weight excluding hydrogens is 224 g/mol. The summed E-state index contributed by atoms with van der Waals surface area (Å²) < 4.78 is 5.15. The molecule has 1 atom stereocenters. The predicted octanol–water partition coefficient (Wildman–Crippen LogP) is 1.13. The Morgan fingerprint density at radius 2 is 2.12 bits per heavy atom. The summed E-state index contributed by atoms with van der Waals surface area (Å²) in [5.74, 6) is -0.740. The summed E-state index contributed by atoms with van der Waals surface area (Å²) in [5, 5.41) is 11.2. The van der Waals surface area contributed by atoms with Crippen LogP contribution in [0.15, 0.2) is 4.42 Å². The minimum absolute atomic E-state index is 0.0225. The molecule has 2 N–H and O–H groups in total. The number of carboxylic acids is 1. The third kappa shape index (κ3) is 3.90. The number of nitrogens with one attached hydrogen (secondary N) is 1. The van der Waals surface area contributed by atoms with Crippen molar-refractivity contribution in [1.29, 1.82) is 0 Å². The van der Waals surface area contributed by atoms with E-state index in [1.54, 1.807) is 20.8 Å². The Morgan fingerprint density at radius 1 is 1.47 bits per heavy atom. The minimum atomic E-state index is -0.876. The fourth-order valence-electron chi connectivity index (χ4n) is 1.46. The van der Waals surface area contributed by atoms with Crippen molar-refractivity contribution in [3.05, 3.63) is 17.3 Å². The molecule has 0 saturated heterocycles. The molecule has 0 spiro atoms. The van der Waals surface area contributed by atoms with Crippen LogP contribution in [0.5, 0.6) is 0 Å². The number of hydrogen-bond acceptors (Lipinski definition) is 4. The normalized spacial score (nSPS) is 12.2. The predicted molar refractivity (Wildman–Crippen MR) is 59.7 cm³/mol. The van der Waals surface area contributed by atoms with Crippen LogP contribution in [-0.2, 0) is 4.79 Å². The molecule has 0 bridgehead atoms. The van der Waals surface area contributed by atoms with Crippen LogP contribution < -0.4 is 5.32 Å². The van der Waals surface area contributed by atoms with Gasteiger partial charge in [0.05, 0.1) is 5.69 Å². The molecule has 0 aliphatic heterocycles. The first-order valence-corrected chi connectivity index (χ1v) is 5.34. The zero-order valence-corrected chi connectivity index (χ0v) is 10.1. The highest BCUT2D eigenvalue weighted by molar-refractivity contribution is 5.92. The van der Waals surface area contributed by atoms with Gasteiger partial charge in [0.1, 0.15) is 0 Å². The number of aliphatic carboxylic acids is 1. The lowest BCUT2D eigenvalue weighted by molar-refractivity contribution is -0.137. The Hall–Kier alpha value is -1.85. The van der Waals surface area contributed by atoms with E-state index in [-0.39, 0.29) is 24.0 Å². The van der Waals surface area contributed by atoms with E-state index in [9.17, 15) is 9.59 Å². The molecular formula is C11H16N2O4. The highest BCUT2D eigenvalue weighted by Crippen LogP contribution is 2.09. The van der Waals surface area contributed by atoms with Crippen molar-refractivity contribution in [2.75, 3.05) is 6.54 Å². The Morgan fingerprint density at radius 3 is 2.59 bits per heavy atom. The molecule has 0 aromatic carbocycles. The molecule has 1 rings (SSSR count). The molecule has 1 unspecified atom stereocenters. The summed E-state index contributed by atoms with van der Waals surface area (Å²) in [7, 11) is 0. The maximum atomic E-state index is 11.7. The van der Waals surface area contributed by atoms with E-state index >= 15 is 0 Å². The summed E-state index contributed by atoms with van der Waals surface area (Å²) >= 11 is 0. The number of oxazole rings is 1. The van der Waals surface area contributed by atoms with Gasteiger partial charge in [-0.15, -0.1) is 0 Å². The number of carbonyl (C=O) groups excluding carboxylic acids is 1. The van der Waals surface area contributed by atoms with Gasteiger partial charge in [0.15, 0.2) is 5.89 Å². The average Bonchev–Trinajstić information content (AvgIpc) is 2.53. The number of carbonyl (C=O) groups is 2. The van der Waals surface area contributed by atoms with Gasteiger partial charge in [-0.1, -0.05) is 6.92 Å². The molecule has 0 aliphatic rings. The Kier molecular flexibility index (Phi) is 4.25. The smallest absolute Gasteiger partial charge is 0.303 e. The summed E-state index contributed by atoms with van der Waals surface area (Å²) in [6.07, 6.45) is 0.0225. The van der Waals surface area contributed by atoms with E-state index < -0.39 is 5.97 Å². The summed E-state index contributed by atoms with van der Waals surface area (Å²) in [6.45, 7) is 5.40. The topological polar surface area (TPSA) is 92.4 Å². The maximum Gasteiger partial charge on any atom is 0.303 e. The molecule has 1 heterocycles. The Bertz CT molecular complexity index is 425. The van der Waals surface area contributed by atoms with Crippen molar-refractivity contribution < 1.29 is 19.1 Å². The van der Waals surface area contributed by atoms with E-state index in [0.717, 1.165) is 0 Å². The number of aryl methyl sites for hydroxylation is 2. The highest BCUT2D eigenvalue weighted by Gasteiger charge is 2.16. The number of carboxylic acid groups (broad SMARTS) is 1. The fourth-order valence-corrected chi connectivity index (χ4v) is 1.46. The van der Waals surface area contributed by atoms with Gasteiger partial charge in [-0.25, -0.2) is 4.98 Å². The van der Waals surface area contributed by atoms with Crippen LogP contribution in [0.4, 0.5) is 0 Å². The van der Waals surface area contributed by atoms with Gasteiger partial charge >= 0.3 is 5.97 Å². The fraction of sp³-hybridized carbons (Fsp3) is 0.545. The summed E-state index contributed by atoms with van der Waals surface area (Å²) in [6, 6.07) is 0. The highest BCUT2D eigenvalue weighted by atomic mass is 16.4. The van der Waals surface area contributed by atoms with Gasteiger partial charge in [0, 0.05) is 19.9 Å². The monoisotopic (exact) mass is 240 g/mol. The van der Waals surface area contributed by atoms with E-state index in [4.69, 9.17) is 9.52 Å². The molecule has 1 amide bonds. The van der Waals surface area contributed by atoms with E-state index in [2.05, 4.69) is 10.3 Å². The van der Waals surface area contributed by atoms with Gasteiger partial charge in [-0.05, 0) is 12.8 Å². The Balaban J connectivity index is 2.50. The lowest BCUT2D eigenvalue weighted by Gasteiger charge is -2.09. The van der Waals surface area contributed by atoms with Gasteiger partial charge in [0.25, 0.3) is 5.91 Å². The third-order valence-electron chi connectivity index (χ3n) is 2.24. The van der Waals surface area contributed by atoms with Gasteiger partial charge in [-0.2, -0.15) is 0 Å². The standard InChI is InChI=1S/C11H16N2O4/c1-6(4-9(14)15)5-12-11(16)10-7(2)13-8(3)17-10/h6H,4-5H2,1-3H3,(H,12,16)(H,14,15). The zero-order valence-electron chi connectivity index (χ0n) is 10.1. The van der Waals surface area contributed by atoms with Crippen molar-refractivity contribution in [1.82, 2.24) is 10.3 Å². The quantitative estimate of drug-likeness (QED) is 0.804. The van der Waals surface area contributed by atoms with Gasteiger partial charge in [0.2, 0.25) is 5.76 Å². The van der Waals surface area contributed by atoms with E-state index in [1.807, 2.05) is 0 Å². The van der Waals surface area contributed by atoms with Crippen molar-refractivity contribution in [2.24, 2.45) is 5.92 Å². The van der Waals surface area contributed by atoms with E-state index in [1.165, 1.54) is 0 Å². The van der Waals surface area contributed by atoms with Crippen molar-refractivity contribution in [2.45, 2.75) is 27.2 Å².